The standard InChI is InChI=1S/C35H23NO10/c37-32(43-22-26-18-10-11-19-28(26)36(41)42)27-20-29(44-33(38)23-12-4-1-5-13-23)31(46-35(40)25-16-8-3-9-17-25)30(21-27)45-34(39)24-14-6-2-7-15-24/h1-21H,22H2. The molecule has 46 heavy (non-hydrogen) atoms. The largest absolute Gasteiger partial charge is 0.457 e. The van der Waals surface area contributed by atoms with Gasteiger partial charge in [-0.2, -0.15) is 0 Å². The number of para-hydroxylation sites is 1. The Hall–Kier alpha value is -6.62. The number of ether oxygens (including phenoxy) is 4. The monoisotopic (exact) mass is 617 g/mol. The van der Waals surface area contributed by atoms with E-state index in [2.05, 4.69) is 0 Å². The molecule has 5 aromatic rings. The Morgan fingerprint density at radius 2 is 0.935 bits per heavy atom. The van der Waals surface area contributed by atoms with Crippen molar-refractivity contribution in [1.82, 2.24) is 0 Å². The molecule has 0 radical (unpaired) electrons. The number of carbonyl (C=O) groups is 4. The van der Waals surface area contributed by atoms with Gasteiger partial charge >= 0.3 is 23.9 Å². The first-order valence-electron chi connectivity index (χ1n) is 13.7. The molecule has 0 heterocycles. The van der Waals surface area contributed by atoms with E-state index in [0.717, 1.165) is 12.1 Å². The predicted octanol–water partition coefficient (Wildman–Crippen LogP) is 6.61. The third kappa shape index (κ3) is 7.47. The Morgan fingerprint density at radius 1 is 0.522 bits per heavy atom. The number of carbonyl (C=O) groups excluding carboxylic acids is 4. The molecule has 0 spiro atoms. The third-order valence-electron chi connectivity index (χ3n) is 6.43. The fourth-order valence-corrected chi connectivity index (χ4v) is 4.18. The van der Waals surface area contributed by atoms with Gasteiger partial charge in [-0.05, 0) is 54.6 Å². The van der Waals surface area contributed by atoms with Gasteiger partial charge in [0.2, 0.25) is 5.75 Å². The molecule has 0 N–H and O–H groups in total. The molecule has 11 nitrogen and oxygen atoms in total. The van der Waals surface area contributed by atoms with E-state index in [-0.39, 0.29) is 33.5 Å². The van der Waals surface area contributed by atoms with E-state index in [1.165, 1.54) is 54.6 Å². The minimum absolute atomic E-state index is 0.126. The summed E-state index contributed by atoms with van der Waals surface area (Å²) in [5.74, 6) is -4.96. The van der Waals surface area contributed by atoms with Gasteiger partial charge < -0.3 is 18.9 Å². The molecule has 0 fully saturated rings. The fourth-order valence-electron chi connectivity index (χ4n) is 4.18. The van der Waals surface area contributed by atoms with Crippen LogP contribution in [0.2, 0.25) is 0 Å². The van der Waals surface area contributed by atoms with Gasteiger partial charge in [-0.15, -0.1) is 0 Å². The third-order valence-corrected chi connectivity index (χ3v) is 6.43. The van der Waals surface area contributed by atoms with Crippen LogP contribution in [0.4, 0.5) is 5.69 Å². The molecule has 0 amide bonds. The average molecular weight is 618 g/mol. The van der Waals surface area contributed by atoms with Crippen molar-refractivity contribution in [3.05, 3.63) is 165 Å². The van der Waals surface area contributed by atoms with Gasteiger partial charge in [0.1, 0.15) is 6.61 Å². The fraction of sp³-hybridized carbons (Fsp3) is 0.0286. The molecule has 0 aliphatic heterocycles. The second-order valence-corrected chi connectivity index (χ2v) is 9.53. The molecule has 228 valence electrons. The number of hydrogen-bond acceptors (Lipinski definition) is 10. The zero-order valence-corrected chi connectivity index (χ0v) is 23.9. The maximum absolute atomic E-state index is 13.3. The maximum Gasteiger partial charge on any atom is 0.343 e. The first-order chi connectivity index (χ1) is 22.3. The Kier molecular flexibility index (Phi) is 9.54. The van der Waals surface area contributed by atoms with E-state index in [0.29, 0.717) is 0 Å². The highest BCUT2D eigenvalue weighted by atomic mass is 16.6. The number of rotatable bonds is 10. The van der Waals surface area contributed by atoms with Crippen molar-refractivity contribution >= 4 is 29.6 Å². The van der Waals surface area contributed by atoms with Crippen LogP contribution in [0, 0.1) is 10.1 Å². The lowest BCUT2D eigenvalue weighted by atomic mass is 10.1. The first kappa shape index (κ1) is 30.8. The normalized spacial score (nSPS) is 10.3. The highest BCUT2D eigenvalue weighted by Gasteiger charge is 2.27. The minimum atomic E-state index is -1.01. The van der Waals surface area contributed by atoms with E-state index in [1.807, 2.05) is 0 Å². The second kappa shape index (κ2) is 14.2. The van der Waals surface area contributed by atoms with Gasteiger partial charge in [-0.1, -0.05) is 66.7 Å². The molecule has 0 saturated heterocycles. The Morgan fingerprint density at radius 3 is 1.39 bits per heavy atom. The molecule has 0 atom stereocenters. The number of nitro groups is 1. The molecular formula is C35H23NO10. The van der Waals surface area contributed by atoms with Crippen LogP contribution in [0.5, 0.6) is 17.2 Å². The van der Waals surface area contributed by atoms with Crippen LogP contribution in [0.3, 0.4) is 0 Å². The Balaban J connectivity index is 1.57. The smallest absolute Gasteiger partial charge is 0.343 e. The van der Waals surface area contributed by atoms with Crippen LogP contribution in [-0.4, -0.2) is 28.8 Å². The predicted molar refractivity (Wildman–Crippen MR) is 163 cm³/mol. The number of nitro benzene ring substituents is 1. The average Bonchev–Trinajstić information content (AvgIpc) is 3.09. The van der Waals surface area contributed by atoms with E-state index in [1.54, 1.807) is 60.7 Å². The van der Waals surface area contributed by atoms with E-state index in [4.69, 9.17) is 18.9 Å². The highest BCUT2D eigenvalue weighted by molar-refractivity contribution is 5.97. The molecule has 0 saturated carbocycles. The zero-order chi connectivity index (χ0) is 32.5. The lowest BCUT2D eigenvalue weighted by molar-refractivity contribution is -0.385. The molecule has 0 aromatic heterocycles. The van der Waals surface area contributed by atoms with Gasteiger partial charge in [0, 0.05) is 6.07 Å². The van der Waals surface area contributed by atoms with Crippen molar-refractivity contribution in [2.75, 3.05) is 0 Å². The topological polar surface area (TPSA) is 148 Å². The SMILES string of the molecule is O=C(OCc1ccccc1[N+](=O)[O-])c1cc(OC(=O)c2ccccc2)c(OC(=O)c2ccccc2)c(OC(=O)c2ccccc2)c1. The van der Waals surface area contributed by atoms with Gasteiger partial charge in [-0.3, -0.25) is 10.1 Å². The van der Waals surface area contributed by atoms with E-state index >= 15 is 0 Å². The summed E-state index contributed by atoms with van der Waals surface area (Å²) in [6, 6.07) is 31.5. The Bertz CT molecular complexity index is 1830. The summed E-state index contributed by atoms with van der Waals surface area (Å²) in [6.07, 6.45) is 0. The second-order valence-electron chi connectivity index (χ2n) is 9.53. The number of hydrogen-bond donors (Lipinski definition) is 0. The summed E-state index contributed by atoms with van der Waals surface area (Å²) in [5.41, 5.74) is 0.000138. The molecule has 0 aliphatic carbocycles. The highest BCUT2D eigenvalue weighted by Crippen LogP contribution is 2.41. The molecule has 0 bridgehead atoms. The van der Waals surface area contributed by atoms with E-state index < -0.39 is 52.7 Å². The van der Waals surface area contributed by atoms with Crippen molar-refractivity contribution in [3.8, 4) is 17.2 Å². The van der Waals surface area contributed by atoms with Crippen molar-refractivity contribution in [2.24, 2.45) is 0 Å². The van der Waals surface area contributed by atoms with Gasteiger partial charge in [-0.25, -0.2) is 19.2 Å². The van der Waals surface area contributed by atoms with Crippen LogP contribution in [0.25, 0.3) is 0 Å². The summed E-state index contributed by atoms with van der Waals surface area (Å²) < 4.78 is 22.2. The molecule has 5 rings (SSSR count). The number of esters is 4. The molecule has 0 unspecified atom stereocenters. The summed E-state index contributed by atoms with van der Waals surface area (Å²) in [7, 11) is 0. The van der Waals surface area contributed by atoms with Crippen LogP contribution in [0.15, 0.2) is 127 Å². The zero-order valence-electron chi connectivity index (χ0n) is 23.9. The minimum Gasteiger partial charge on any atom is -0.457 e. The summed E-state index contributed by atoms with van der Waals surface area (Å²) >= 11 is 0. The lowest BCUT2D eigenvalue weighted by Gasteiger charge is -2.16. The quantitative estimate of drug-likeness (QED) is 0.0725. The summed E-state index contributed by atoms with van der Waals surface area (Å²) in [5, 5.41) is 11.4. The maximum atomic E-state index is 13.3. The lowest BCUT2D eigenvalue weighted by Crippen LogP contribution is -2.16. The molecule has 5 aromatic carbocycles. The van der Waals surface area contributed by atoms with Crippen molar-refractivity contribution < 1.29 is 43.0 Å². The van der Waals surface area contributed by atoms with Crippen molar-refractivity contribution in [1.29, 1.82) is 0 Å². The van der Waals surface area contributed by atoms with Crippen molar-refractivity contribution in [2.45, 2.75) is 6.61 Å². The summed E-state index contributed by atoms with van der Waals surface area (Å²) in [6.45, 7) is -0.473. The molecule has 0 aliphatic rings. The van der Waals surface area contributed by atoms with E-state index in [9.17, 15) is 29.3 Å². The van der Waals surface area contributed by atoms with Crippen LogP contribution in [-0.2, 0) is 11.3 Å². The van der Waals surface area contributed by atoms with Gasteiger partial charge in [0.25, 0.3) is 5.69 Å². The molecular weight excluding hydrogens is 594 g/mol. The summed E-state index contributed by atoms with van der Waals surface area (Å²) in [4.78, 5) is 63.5. The molecule has 11 heteroatoms. The number of nitrogens with zero attached hydrogens (tertiary/aromatic N) is 1. The first-order valence-corrected chi connectivity index (χ1v) is 13.7. The van der Waals surface area contributed by atoms with Crippen LogP contribution in [0.1, 0.15) is 47.0 Å². The number of benzene rings is 5. The Labute approximate surface area is 261 Å². The van der Waals surface area contributed by atoms with Crippen molar-refractivity contribution in [3.63, 3.8) is 0 Å². The van der Waals surface area contributed by atoms with Gasteiger partial charge in [0.05, 0.1) is 32.7 Å². The van der Waals surface area contributed by atoms with Crippen LogP contribution < -0.4 is 14.2 Å². The van der Waals surface area contributed by atoms with Gasteiger partial charge in [0.15, 0.2) is 11.5 Å². The van der Waals surface area contributed by atoms with Crippen LogP contribution >= 0.6 is 0 Å².